The summed E-state index contributed by atoms with van der Waals surface area (Å²) in [6.07, 6.45) is 4.18. The molecule has 2 fully saturated rings. The van der Waals surface area contributed by atoms with Gasteiger partial charge in [0.2, 0.25) is 5.91 Å². The van der Waals surface area contributed by atoms with Crippen LogP contribution < -0.4 is 5.73 Å². The summed E-state index contributed by atoms with van der Waals surface area (Å²) >= 11 is 1.75. The Balaban J connectivity index is 1.52. The van der Waals surface area contributed by atoms with Crippen LogP contribution in [0.4, 0.5) is 0 Å². The summed E-state index contributed by atoms with van der Waals surface area (Å²) in [6.45, 7) is 13.0. The molecule has 2 heterocycles. The van der Waals surface area contributed by atoms with Gasteiger partial charge in [-0.05, 0) is 19.8 Å². The van der Waals surface area contributed by atoms with Gasteiger partial charge in [0.05, 0.1) is 16.6 Å². The Morgan fingerprint density at radius 1 is 1.31 bits per heavy atom. The molecule has 0 bridgehead atoms. The van der Waals surface area contributed by atoms with Crippen LogP contribution in [0.15, 0.2) is 5.38 Å². The Kier molecular flexibility index (Phi) is 5.75. The van der Waals surface area contributed by atoms with E-state index in [0.29, 0.717) is 0 Å². The van der Waals surface area contributed by atoms with E-state index in [2.05, 4.69) is 38.0 Å². The average molecular weight is 379 g/mol. The summed E-state index contributed by atoms with van der Waals surface area (Å²) in [4.78, 5) is 22.2. The monoisotopic (exact) mass is 378 g/mol. The highest BCUT2D eigenvalue weighted by atomic mass is 32.1. The number of thiazole rings is 1. The predicted octanol–water partition coefficient (Wildman–Crippen LogP) is 2.99. The van der Waals surface area contributed by atoms with Gasteiger partial charge < -0.3 is 10.6 Å². The lowest BCUT2D eigenvalue weighted by Gasteiger charge is -2.42. The lowest BCUT2D eigenvalue weighted by molar-refractivity contribution is -0.140. The van der Waals surface area contributed by atoms with Gasteiger partial charge in [-0.1, -0.05) is 33.6 Å². The minimum absolute atomic E-state index is 0.00400. The molecule has 2 atom stereocenters. The Morgan fingerprint density at radius 2 is 2.00 bits per heavy atom. The summed E-state index contributed by atoms with van der Waals surface area (Å²) in [5.74, 6) is 0.272. The molecule has 1 aliphatic heterocycles. The zero-order valence-corrected chi connectivity index (χ0v) is 17.6. The molecule has 0 radical (unpaired) electrons. The highest BCUT2D eigenvalue weighted by Gasteiger charge is 2.40. The topological polar surface area (TPSA) is 62.5 Å². The van der Waals surface area contributed by atoms with Crippen molar-refractivity contribution in [1.82, 2.24) is 14.8 Å². The van der Waals surface area contributed by atoms with Gasteiger partial charge in [-0.2, -0.15) is 0 Å². The molecular formula is C20H34N4OS. The van der Waals surface area contributed by atoms with Crippen LogP contribution in [-0.4, -0.2) is 52.4 Å². The number of hydrogen-bond donors (Lipinski definition) is 1. The zero-order valence-electron chi connectivity index (χ0n) is 16.8. The molecule has 1 aliphatic carbocycles. The number of aromatic nitrogens is 1. The fraction of sp³-hybridized carbons (Fsp3) is 0.800. The first-order valence-electron chi connectivity index (χ1n) is 9.92. The second kappa shape index (κ2) is 7.56. The molecule has 2 aliphatic rings. The molecule has 1 saturated heterocycles. The molecule has 1 aromatic rings. The van der Waals surface area contributed by atoms with Crippen molar-refractivity contribution in [2.75, 3.05) is 26.2 Å². The maximum Gasteiger partial charge on any atom is 0.227 e. The van der Waals surface area contributed by atoms with E-state index < -0.39 is 0 Å². The highest BCUT2D eigenvalue weighted by molar-refractivity contribution is 7.09. The van der Waals surface area contributed by atoms with Gasteiger partial charge >= 0.3 is 0 Å². The van der Waals surface area contributed by atoms with Gasteiger partial charge in [-0.3, -0.25) is 9.69 Å². The van der Waals surface area contributed by atoms with Crippen LogP contribution in [0, 0.1) is 5.92 Å². The number of amides is 1. The molecular weight excluding hydrogens is 344 g/mol. The molecule has 1 aromatic heterocycles. The highest BCUT2D eigenvalue weighted by Crippen LogP contribution is 2.33. The first-order valence-corrected chi connectivity index (χ1v) is 10.8. The standard InChI is InChI=1S/C20H34N4OS/c1-19(2,3)18-22-15(14-26-18)13-23-9-11-24(12-10-23)17(25)16-7-5-6-8-20(16,4)21/h14,16H,5-13,21H2,1-4H3. The molecule has 6 heteroatoms. The smallest absolute Gasteiger partial charge is 0.227 e. The van der Waals surface area contributed by atoms with E-state index in [-0.39, 0.29) is 22.8 Å². The Labute approximate surface area is 162 Å². The number of piperazine rings is 1. The van der Waals surface area contributed by atoms with Gasteiger partial charge in [0.25, 0.3) is 0 Å². The minimum atomic E-state index is -0.337. The number of nitrogens with two attached hydrogens (primary N) is 1. The first-order chi connectivity index (χ1) is 12.2. The van der Waals surface area contributed by atoms with Crippen LogP contribution in [0.3, 0.4) is 0 Å². The number of carbonyl (C=O) groups is 1. The van der Waals surface area contributed by atoms with Crippen molar-refractivity contribution in [3.8, 4) is 0 Å². The Hall–Kier alpha value is -0.980. The first kappa shape index (κ1) is 19.8. The number of rotatable bonds is 3. The van der Waals surface area contributed by atoms with E-state index in [1.165, 1.54) is 5.01 Å². The molecule has 5 nitrogen and oxygen atoms in total. The van der Waals surface area contributed by atoms with Crippen LogP contribution in [0.5, 0.6) is 0 Å². The van der Waals surface area contributed by atoms with Crippen LogP contribution in [0.2, 0.25) is 0 Å². The summed E-state index contributed by atoms with van der Waals surface area (Å²) in [7, 11) is 0. The van der Waals surface area contributed by atoms with E-state index >= 15 is 0 Å². The van der Waals surface area contributed by atoms with Gasteiger partial charge in [0, 0.05) is 49.1 Å². The molecule has 0 aromatic carbocycles. The Bertz CT molecular complexity index is 626. The van der Waals surface area contributed by atoms with Crippen molar-refractivity contribution in [1.29, 1.82) is 0 Å². The van der Waals surface area contributed by atoms with Crippen LogP contribution in [0.1, 0.15) is 64.1 Å². The lowest BCUT2D eigenvalue weighted by atomic mass is 9.74. The molecule has 0 spiro atoms. The van der Waals surface area contributed by atoms with Gasteiger partial charge in [-0.25, -0.2) is 4.98 Å². The van der Waals surface area contributed by atoms with Crippen LogP contribution >= 0.6 is 11.3 Å². The summed E-state index contributed by atoms with van der Waals surface area (Å²) < 4.78 is 0. The molecule has 146 valence electrons. The molecule has 3 rings (SSSR count). The van der Waals surface area contributed by atoms with E-state index in [1.807, 2.05) is 4.90 Å². The number of carbonyl (C=O) groups excluding carboxylic acids is 1. The molecule has 1 saturated carbocycles. The minimum Gasteiger partial charge on any atom is -0.340 e. The number of hydrogen-bond acceptors (Lipinski definition) is 5. The van der Waals surface area contributed by atoms with Gasteiger partial charge in [-0.15, -0.1) is 11.3 Å². The van der Waals surface area contributed by atoms with Crippen molar-refractivity contribution < 1.29 is 4.79 Å². The van der Waals surface area contributed by atoms with Gasteiger partial charge in [0.1, 0.15) is 0 Å². The Morgan fingerprint density at radius 3 is 2.58 bits per heavy atom. The number of nitrogens with zero attached hydrogens (tertiary/aromatic N) is 3. The normalized spacial score (nSPS) is 28.3. The maximum atomic E-state index is 13.0. The second-order valence-electron chi connectivity index (χ2n) is 9.30. The predicted molar refractivity (Wildman–Crippen MR) is 107 cm³/mol. The third kappa shape index (κ3) is 4.46. The summed E-state index contributed by atoms with van der Waals surface area (Å²) in [5, 5.41) is 3.38. The largest absolute Gasteiger partial charge is 0.340 e. The van der Waals surface area contributed by atoms with E-state index in [0.717, 1.165) is 64.1 Å². The SMILES string of the molecule is CC(C)(C)c1nc(CN2CCN(C(=O)C3CCCCC3(C)N)CC2)cs1. The summed E-state index contributed by atoms with van der Waals surface area (Å²) in [6, 6.07) is 0. The van der Waals surface area contributed by atoms with Crippen molar-refractivity contribution >= 4 is 17.2 Å². The van der Waals surface area contributed by atoms with Crippen LogP contribution in [-0.2, 0) is 16.8 Å². The fourth-order valence-electron chi connectivity index (χ4n) is 4.06. The second-order valence-corrected chi connectivity index (χ2v) is 10.2. The molecule has 1 amide bonds. The van der Waals surface area contributed by atoms with Crippen LogP contribution in [0.25, 0.3) is 0 Å². The van der Waals surface area contributed by atoms with Crippen molar-refractivity contribution in [2.45, 2.75) is 70.9 Å². The average Bonchev–Trinajstić information content (AvgIpc) is 3.03. The van der Waals surface area contributed by atoms with Gasteiger partial charge in [0.15, 0.2) is 0 Å². The molecule has 26 heavy (non-hydrogen) atoms. The third-order valence-corrected chi connectivity index (χ3v) is 7.13. The quantitative estimate of drug-likeness (QED) is 0.878. The van der Waals surface area contributed by atoms with Crippen molar-refractivity contribution in [3.05, 3.63) is 16.1 Å². The van der Waals surface area contributed by atoms with E-state index in [1.54, 1.807) is 11.3 Å². The molecule has 2 unspecified atom stereocenters. The molecule has 2 N–H and O–H groups in total. The fourth-order valence-corrected chi connectivity index (χ4v) is 4.96. The van der Waals surface area contributed by atoms with E-state index in [4.69, 9.17) is 10.7 Å². The lowest BCUT2D eigenvalue weighted by Crippen LogP contribution is -2.57. The summed E-state index contributed by atoms with van der Waals surface area (Å²) in [5.41, 5.74) is 7.36. The maximum absolute atomic E-state index is 13.0. The third-order valence-electron chi connectivity index (χ3n) is 5.82. The zero-order chi connectivity index (χ0) is 18.9. The van der Waals surface area contributed by atoms with Crippen molar-refractivity contribution in [3.63, 3.8) is 0 Å². The van der Waals surface area contributed by atoms with E-state index in [9.17, 15) is 4.79 Å². The van der Waals surface area contributed by atoms with Crippen molar-refractivity contribution in [2.24, 2.45) is 11.7 Å².